The number of aryl methyl sites for hydroxylation is 2. The van der Waals surface area contributed by atoms with E-state index in [9.17, 15) is 9.59 Å². The van der Waals surface area contributed by atoms with Gasteiger partial charge < -0.3 is 9.97 Å². The second-order valence-corrected chi connectivity index (χ2v) is 7.17. The topological polar surface area (TPSA) is 65.7 Å². The minimum absolute atomic E-state index is 0.0678. The van der Waals surface area contributed by atoms with Crippen molar-refractivity contribution < 1.29 is 9.59 Å². The number of H-pyrrole nitrogens is 2. The van der Waals surface area contributed by atoms with E-state index in [-0.39, 0.29) is 18.0 Å². The zero-order chi connectivity index (χ0) is 18.7. The summed E-state index contributed by atoms with van der Waals surface area (Å²) in [6.07, 6.45) is 3.63. The van der Waals surface area contributed by atoms with Crippen LogP contribution in [-0.4, -0.2) is 21.5 Å². The Morgan fingerprint density at radius 1 is 0.704 bits per heavy atom. The van der Waals surface area contributed by atoms with Gasteiger partial charge in [0.1, 0.15) is 0 Å². The lowest BCUT2D eigenvalue weighted by Gasteiger charge is -2.05. The van der Waals surface area contributed by atoms with Gasteiger partial charge >= 0.3 is 0 Å². The van der Waals surface area contributed by atoms with Gasteiger partial charge in [0.2, 0.25) is 0 Å². The van der Waals surface area contributed by atoms with E-state index >= 15 is 0 Å². The molecule has 0 atom stereocenters. The van der Waals surface area contributed by atoms with Gasteiger partial charge in [0.05, 0.1) is 6.42 Å². The van der Waals surface area contributed by atoms with Crippen LogP contribution in [0.15, 0.2) is 48.8 Å². The molecule has 2 heterocycles. The van der Waals surface area contributed by atoms with Crippen molar-refractivity contribution in [2.45, 2.75) is 20.3 Å². The average Bonchev–Trinajstić information content (AvgIpc) is 3.31. The summed E-state index contributed by atoms with van der Waals surface area (Å²) in [5.74, 6) is -0.223. The number of hydrogen-bond donors (Lipinski definition) is 2. The molecule has 1 aliphatic carbocycles. The minimum atomic E-state index is -0.112. The third-order valence-electron chi connectivity index (χ3n) is 5.52. The zero-order valence-corrected chi connectivity index (χ0v) is 15.1. The molecule has 5 rings (SSSR count). The fraction of sp³-hybridized carbons (Fsp3) is 0.130. The Hall–Kier alpha value is -3.40. The molecule has 0 bridgehead atoms. The predicted molar refractivity (Wildman–Crippen MR) is 108 cm³/mol. The van der Waals surface area contributed by atoms with Crippen LogP contribution in [0.3, 0.4) is 0 Å². The van der Waals surface area contributed by atoms with Gasteiger partial charge in [-0.15, -0.1) is 0 Å². The molecule has 0 aliphatic heterocycles. The first kappa shape index (κ1) is 15.8. The predicted octanol–water partition coefficient (Wildman–Crippen LogP) is 4.72. The fourth-order valence-electron chi connectivity index (χ4n) is 4.20. The zero-order valence-electron chi connectivity index (χ0n) is 15.1. The molecule has 132 valence electrons. The number of Topliss-reactive ketones (excluding diaryl/α,β-unsaturated/α-hetero) is 2. The lowest BCUT2D eigenvalue weighted by atomic mass is 9.95. The van der Waals surface area contributed by atoms with Crippen LogP contribution < -0.4 is 0 Å². The molecule has 0 saturated carbocycles. The molecular weight excluding hydrogens is 336 g/mol. The maximum Gasteiger partial charge on any atom is 0.172 e. The van der Waals surface area contributed by atoms with Crippen LogP contribution in [0.25, 0.3) is 33.0 Å². The summed E-state index contributed by atoms with van der Waals surface area (Å²) in [7, 11) is 0. The molecule has 27 heavy (non-hydrogen) atoms. The summed E-state index contributed by atoms with van der Waals surface area (Å²) in [5, 5.41) is 1.95. The van der Waals surface area contributed by atoms with Crippen LogP contribution >= 0.6 is 0 Å². The number of carbonyl (C=O) groups is 2. The van der Waals surface area contributed by atoms with Crippen LogP contribution in [0.4, 0.5) is 0 Å². The van der Waals surface area contributed by atoms with Gasteiger partial charge in [-0.05, 0) is 25.0 Å². The molecule has 0 spiro atoms. The van der Waals surface area contributed by atoms with Crippen molar-refractivity contribution in [2.24, 2.45) is 0 Å². The number of benzene rings is 2. The summed E-state index contributed by atoms with van der Waals surface area (Å²) in [4.78, 5) is 32.2. The monoisotopic (exact) mass is 354 g/mol. The number of allylic oxidation sites excluding steroid dienone is 2. The number of rotatable bonds is 2. The largest absolute Gasteiger partial charge is 0.360 e. The van der Waals surface area contributed by atoms with Crippen molar-refractivity contribution >= 4 is 44.5 Å². The van der Waals surface area contributed by atoms with E-state index in [0.29, 0.717) is 11.1 Å². The average molecular weight is 354 g/mol. The number of ketones is 2. The molecule has 2 aromatic heterocycles. The van der Waals surface area contributed by atoms with Gasteiger partial charge in [-0.3, -0.25) is 9.59 Å². The van der Waals surface area contributed by atoms with Crippen molar-refractivity contribution in [2.75, 3.05) is 0 Å². The molecule has 4 heteroatoms. The lowest BCUT2D eigenvalue weighted by molar-refractivity contribution is -0.119. The lowest BCUT2D eigenvalue weighted by Crippen LogP contribution is -1.96. The highest BCUT2D eigenvalue weighted by Gasteiger charge is 2.34. The van der Waals surface area contributed by atoms with Crippen LogP contribution in [-0.2, 0) is 9.59 Å². The highest BCUT2D eigenvalue weighted by molar-refractivity contribution is 6.52. The molecule has 0 saturated heterocycles. The molecule has 4 nitrogen and oxygen atoms in total. The Kier molecular flexibility index (Phi) is 3.25. The number of carbonyl (C=O) groups excluding carboxylic acids is 2. The van der Waals surface area contributed by atoms with Gasteiger partial charge in [-0.25, -0.2) is 0 Å². The Labute approximate surface area is 155 Å². The highest BCUT2D eigenvalue weighted by Crippen LogP contribution is 2.41. The first-order valence-corrected chi connectivity index (χ1v) is 9.01. The number of hydrogen-bond acceptors (Lipinski definition) is 2. The van der Waals surface area contributed by atoms with E-state index in [4.69, 9.17) is 0 Å². The first-order valence-electron chi connectivity index (χ1n) is 9.01. The van der Waals surface area contributed by atoms with Crippen LogP contribution in [0.1, 0.15) is 28.7 Å². The fourth-order valence-corrected chi connectivity index (χ4v) is 4.20. The summed E-state index contributed by atoms with van der Waals surface area (Å²) in [5.41, 5.74) is 6.89. The van der Waals surface area contributed by atoms with Crippen molar-refractivity contribution in [1.82, 2.24) is 9.97 Å². The van der Waals surface area contributed by atoms with Gasteiger partial charge in [-0.1, -0.05) is 36.4 Å². The Morgan fingerprint density at radius 3 is 1.59 bits per heavy atom. The summed E-state index contributed by atoms with van der Waals surface area (Å²) < 4.78 is 0. The Morgan fingerprint density at radius 2 is 1.15 bits per heavy atom. The number of aromatic amines is 2. The van der Waals surface area contributed by atoms with Gasteiger partial charge in [0, 0.05) is 56.5 Å². The van der Waals surface area contributed by atoms with E-state index in [0.717, 1.165) is 44.1 Å². The smallest absolute Gasteiger partial charge is 0.172 e. The molecule has 0 unspecified atom stereocenters. The first-order chi connectivity index (χ1) is 13.1. The normalized spacial score (nSPS) is 14.9. The molecule has 0 amide bonds. The standard InChI is InChI=1S/C23H18N2O2/c1-12-5-3-7-14-16(10-24-22(12)14)20-18(26)9-19(27)21(20)17-11-25-23-13(2)6-4-8-15(17)23/h3-8,10-11,24-25H,9H2,1-2H3. The third-order valence-corrected chi connectivity index (χ3v) is 5.52. The van der Waals surface area contributed by atoms with Crippen molar-refractivity contribution in [3.63, 3.8) is 0 Å². The van der Waals surface area contributed by atoms with Crippen LogP contribution in [0.5, 0.6) is 0 Å². The summed E-state index contributed by atoms with van der Waals surface area (Å²) in [6.45, 7) is 4.06. The van der Waals surface area contributed by atoms with Crippen molar-refractivity contribution in [1.29, 1.82) is 0 Å². The molecule has 1 aliphatic rings. The van der Waals surface area contributed by atoms with Gasteiger partial charge in [0.15, 0.2) is 11.6 Å². The second-order valence-electron chi connectivity index (χ2n) is 7.17. The molecular formula is C23H18N2O2. The number of fused-ring (bicyclic) bond motifs is 2. The SMILES string of the molecule is Cc1cccc2c(C3=C(c4c[nH]c5c(C)cccc45)C(=O)CC3=O)c[nH]c12. The molecule has 0 fully saturated rings. The van der Waals surface area contributed by atoms with E-state index in [1.54, 1.807) is 0 Å². The minimum Gasteiger partial charge on any atom is -0.360 e. The Bertz CT molecular complexity index is 1200. The third kappa shape index (κ3) is 2.16. The molecule has 2 aromatic carbocycles. The maximum absolute atomic E-state index is 12.8. The van der Waals surface area contributed by atoms with E-state index < -0.39 is 0 Å². The van der Waals surface area contributed by atoms with E-state index in [1.165, 1.54) is 0 Å². The van der Waals surface area contributed by atoms with E-state index in [1.807, 2.05) is 62.6 Å². The van der Waals surface area contributed by atoms with Crippen molar-refractivity contribution in [3.05, 3.63) is 71.0 Å². The maximum atomic E-state index is 12.8. The van der Waals surface area contributed by atoms with E-state index in [2.05, 4.69) is 9.97 Å². The number of para-hydroxylation sites is 2. The Balaban J connectivity index is 1.85. The molecule has 0 radical (unpaired) electrons. The summed E-state index contributed by atoms with van der Waals surface area (Å²) >= 11 is 0. The highest BCUT2D eigenvalue weighted by atomic mass is 16.2. The van der Waals surface area contributed by atoms with Crippen molar-refractivity contribution in [3.8, 4) is 0 Å². The van der Waals surface area contributed by atoms with Crippen LogP contribution in [0.2, 0.25) is 0 Å². The molecule has 2 N–H and O–H groups in total. The number of aromatic nitrogens is 2. The second kappa shape index (κ2) is 5.55. The van der Waals surface area contributed by atoms with Crippen LogP contribution in [0, 0.1) is 13.8 Å². The van der Waals surface area contributed by atoms with Gasteiger partial charge in [0.25, 0.3) is 0 Å². The number of nitrogens with one attached hydrogen (secondary N) is 2. The summed E-state index contributed by atoms with van der Waals surface area (Å²) in [6, 6.07) is 12.0. The van der Waals surface area contributed by atoms with Gasteiger partial charge in [-0.2, -0.15) is 0 Å². The quantitative estimate of drug-likeness (QED) is 0.512. The molecule has 4 aromatic rings.